The number of aliphatic hydroxyl groups is 1. The summed E-state index contributed by atoms with van der Waals surface area (Å²) in [5, 5.41) is 23.8. The van der Waals surface area contributed by atoms with Crippen LogP contribution in [-0.4, -0.2) is 44.7 Å². The van der Waals surface area contributed by atoms with E-state index in [4.69, 9.17) is 6.42 Å². The smallest absolute Gasteiger partial charge is 0.190 e. The second-order valence-electron chi connectivity index (χ2n) is 13.9. The normalized spacial score (nSPS) is 31.9. The molecule has 0 bridgehead atoms. The zero-order chi connectivity index (χ0) is 32.0. The van der Waals surface area contributed by atoms with Crippen LogP contribution in [0.5, 0.6) is 5.75 Å². The highest BCUT2D eigenvalue weighted by atomic mass is 16.3. The third kappa shape index (κ3) is 3.95. The summed E-state index contributed by atoms with van der Waals surface area (Å²) in [6, 6.07) is 8.84. The van der Waals surface area contributed by atoms with E-state index in [0.717, 1.165) is 12.5 Å². The van der Waals surface area contributed by atoms with Crippen molar-refractivity contribution in [3.8, 4) is 29.2 Å². The van der Waals surface area contributed by atoms with E-state index in [2.05, 4.69) is 5.92 Å². The van der Waals surface area contributed by atoms with Crippen LogP contribution in [0.25, 0.3) is 11.1 Å². The van der Waals surface area contributed by atoms with E-state index in [1.54, 1.807) is 52.0 Å². The molecule has 3 aliphatic rings. The van der Waals surface area contributed by atoms with Crippen molar-refractivity contribution in [2.45, 2.75) is 72.8 Å². The molecule has 2 fully saturated rings. The quantitative estimate of drug-likeness (QED) is 0.389. The first-order valence-electron chi connectivity index (χ1n) is 14.8. The molecule has 0 radical (unpaired) electrons. The van der Waals surface area contributed by atoms with Gasteiger partial charge >= 0.3 is 0 Å². The molecule has 7 nitrogen and oxygen atoms in total. The lowest BCUT2D eigenvalue weighted by Gasteiger charge is -2.62. The van der Waals surface area contributed by atoms with E-state index in [1.165, 1.54) is 0 Å². The monoisotopic (exact) mass is 582 g/mol. The minimum absolute atomic E-state index is 0.00752. The number of phenolic OH excluding ortho intramolecular Hbond substituents is 1. The van der Waals surface area contributed by atoms with Crippen molar-refractivity contribution in [1.29, 1.82) is 0 Å². The fourth-order valence-corrected chi connectivity index (χ4v) is 8.71. The minimum Gasteiger partial charge on any atom is -0.507 e. The Balaban J connectivity index is 1.76. The Bertz CT molecular complexity index is 1660. The van der Waals surface area contributed by atoms with E-state index in [1.807, 2.05) is 19.9 Å². The summed E-state index contributed by atoms with van der Waals surface area (Å²) in [7, 11) is 0. The number of fused-ring (bicyclic) bond motifs is 3. The van der Waals surface area contributed by atoms with Crippen molar-refractivity contribution in [2.24, 2.45) is 34.5 Å². The van der Waals surface area contributed by atoms with Gasteiger partial charge in [-0.25, -0.2) is 0 Å². The number of hydrogen-bond acceptors (Lipinski definition) is 7. The number of Topliss-reactive ketones (excluding diaryl/α,β-unsaturated/α-hetero) is 5. The van der Waals surface area contributed by atoms with Gasteiger partial charge < -0.3 is 10.2 Å². The van der Waals surface area contributed by atoms with E-state index in [0.29, 0.717) is 22.3 Å². The molecular formula is C36H38O7. The zero-order valence-corrected chi connectivity index (χ0v) is 25.7. The van der Waals surface area contributed by atoms with E-state index >= 15 is 0 Å². The lowest BCUT2D eigenvalue weighted by atomic mass is 9.39. The minimum atomic E-state index is -2.72. The summed E-state index contributed by atoms with van der Waals surface area (Å²) in [4.78, 5) is 69.2. The topological polar surface area (TPSA) is 126 Å². The molecule has 0 aromatic heterocycles. The van der Waals surface area contributed by atoms with Crippen molar-refractivity contribution in [3.63, 3.8) is 0 Å². The molecular weight excluding hydrogens is 544 g/mol. The van der Waals surface area contributed by atoms with Crippen LogP contribution in [0.1, 0.15) is 87.9 Å². The van der Waals surface area contributed by atoms with Crippen molar-refractivity contribution >= 4 is 28.9 Å². The van der Waals surface area contributed by atoms with Gasteiger partial charge in [0, 0.05) is 22.5 Å². The molecule has 0 heterocycles. The molecule has 7 heteroatoms. The second-order valence-corrected chi connectivity index (χ2v) is 13.9. The highest BCUT2D eigenvalue weighted by Gasteiger charge is 2.76. The Morgan fingerprint density at radius 2 is 1.63 bits per heavy atom. The predicted octanol–water partition coefficient (Wildman–Crippen LogP) is 4.86. The second kappa shape index (κ2) is 9.82. The highest BCUT2D eigenvalue weighted by molar-refractivity contribution is 6.32. The predicted molar refractivity (Wildman–Crippen MR) is 160 cm³/mol. The van der Waals surface area contributed by atoms with Crippen LogP contribution in [0, 0.1) is 46.8 Å². The molecule has 0 saturated heterocycles. The Labute approximate surface area is 252 Å². The van der Waals surface area contributed by atoms with Crippen molar-refractivity contribution in [3.05, 3.63) is 52.6 Å². The first-order valence-corrected chi connectivity index (χ1v) is 14.8. The van der Waals surface area contributed by atoms with Gasteiger partial charge in [0.05, 0.1) is 11.5 Å². The Morgan fingerprint density at radius 3 is 2.14 bits per heavy atom. The third-order valence-corrected chi connectivity index (χ3v) is 10.4. The SMILES string of the molecule is C#Cc1ccc(-c2cc(C(C)C)c3c(c2O)C(=O)C2C(=O)[C@@]4(O)C(=O)C(C(C)=O)C(=O)C(C(C)C)[C@@]4(C)C[C@@]2(C)C3)cc1. The van der Waals surface area contributed by atoms with Gasteiger partial charge in [-0.2, -0.15) is 0 Å². The van der Waals surface area contributed by atoms with Crippen LogP contribution in [0.4, 0.5) is 0 Å². The largest absolute Gasteiger partial charge is 0.507 e. The zero-order valence-electron chi connectivity index (χ0n) is 25.7. The maximum atomic E-state index is 14.5. The van der Waals surface area contributed by atoms with Gasteiger partial charge in [-0.1, -0.05) is 59.6 Å². The number of phenols is 1. The number of rotatable bonds is 4. The van der Waals surface area contributed by atoms with Crippen LogP contribution in [0.2, 0.25) is 0 Å². The van der Waals surface area contributed by atoms with E-state index < -0.39 is 69.0 Å². The van der Waals surface area contributed by atoms with Gasteiger partial charge in [0.25, 0.3) is 0 Å². The molecule has 0 aliphatic heterocycles. The molecule has 2 N–H and O–H groups in total. The Hall–Kier alpha value is -3.89. The number of terminal acetylenes is 1. The third-order valence-electron chi connectivity index (χ3n) is 10.4. The summed E-state index contributed by atoms with van der Waals surface area (Å²) in [5.74, 6) is -6.50. The van der Waals surface area contributed by atoms with Gasteiger partial charge in [-0.3, -0.25) is 24.0 Å². The van der Waals surface area contributed by atoms with E-state index in [-0.39, 0.29) is 30.1 Å². The average Bonchev–Trinajstić information content (AvgIpc) is 2.90. The molecule has 2 saturated carbocycles. The first-order chi connectivity index (χ1) is 20.0. The fourth-order valence-electron chi connectivity index (χ4n) is 8.71. The molecule has 3 unspecified atom stereocenters. The average molecular weight is 583 g/mol. The van der Waals surface area contributed by atoms with Crippen LogP contribution >= 0.6 is 0 Å². The summed E-state index contributed by atoms with van der Waals surface area (Å²) in [5.41, 5.74) is -2.16. The molecule has 2 aromatic carbocycles. The lowest BCUT2D eigenvalue weighted by Crippen LogP contribution is -2.76. The highest BCUT2D eigenvalue weighted by Crippen LogP contribution is 2.64. The molecule has 5 rings (SSSR count). The molecule has 0 amide bonds. The fraction of sp³-hybridized carbons (Fsp3) is 0.472. The number of carbonyl (C=O) groups excluding carboxylic acids is 5. The van der Waals surface area contributed by atoms with Crippen LogP contribution < -0.4 is 0 Å². The number of hydrogen-bond donors (Lipinski definition) is 2. The molecule has 43 heavy (non-hydrogen) atoms. The summed E-state index contributed by atoms with van der Waals surface area (Å²) < 4.78 is 0. The molecule has 2 aromatic rings. The van der Waals surface area contributed by atoms with Gasteiger partial charge in [-0.05, 0) is 71.9 Å². The number of ketones is 5. The van der Waals surface area contributed by atoms with Crippen LogP contribution in [0.15, 0.2) is 30.3 Å². The van der Waals surface area contributed by atoms with Crippen LogP contribution in [0.3, 0.4) is 0 Å². The lowest BCUT2D eigenvalue weighted by molar-refractivity contribution is -0.205. The molecule has 0 spiro atoms. The maximum Gasteiger partial charge on any atom is 0.190 e. The summed E-state index contributed by atoms with van der Waals surface area (Å²) in [6.45, 7) is 12.0. The van der Waals surface area contributed by atoms with Gasteiger partial charge in [0.1, 0.15) is 17.5 Å². The molecule has 224 valence electrons. The van der Waals surface area contributed by atoms with Crippen molar-refractivity contribution in [2.75, 3.05) is 0 Å². The van der Waals surface area contributed by atoms with Gasteiger partial charge in [0.15, 0.2) is 28.7 Å². The van der Waals surface area contributed by atoms with Crippen LogP contribution in [-0.2, 0) is 25.6 Å². The van der Waals surface area contributed by atoms with Crippen molar-refractivity contribution < 1.29 is 34.2 Å². The molecule has 6 atom stereocenters. The summed E-state index contributed by atoms with van der Waals surface area (Å²) >= 11 is 0. The Kier molecular flexibility index (Phi) is 6.98. The standard InChI is InChI=1S/C36H38O7/c1-9-20-10-12-21(13-11-20)23-14-22(17(2)3)24-15-34(7)16-35(8)27(18(4)5)30(39)25(19(6)37)32(41)36(35,43)33(42)28(34)31(40)26(24)29(23)38/h1,10-14,17-18,25,27-28,38,43H,15-16H2,2-8H3/t25?,27?,28?,34-,35-,36+/m1/s1. The number of aromatic hydroxyl groups is 1. The molecule has 3 aliphatic carbocycles. The van der Waals surface area contributed by atoms with Crippen molar-refractivity contribution in [1.82, 2.24) is 0 Å². The van der Waals surface area contributed by atoms with E-state index in [9.17, 15) is 34.2 Å². The van der Waals surface area contributed by atoms with Gasteiger partial charge in [-0.15, -0.1) is 6.42 Å². The Morgan fingerprint density at radius 1 is 1.02 bits per heavy atom. The summed E-state index contributed by atoms with van der Waals surface area (Å²) in [6.07, 6.45) is 5.75. The number of benzene rings is 2. The van der Waals surface area contributed by atoms with Gasteiger partial charge in [0.2, 0.25) is 0 Å². The maximum absolute atomic E-state index is 14.5. The number of carbonyl (C=O) groups is 5. The first kappa shape index (κ1) is 30.6.